The number of benzene rings is 2. The van der Waals surface area contributed by atoms with Crippen molar-refractivity contribution in [2.75, 3.05) is 5.43 Å². The lowest BCUT2D eigenvalue weighted by Crippen LogP contribution is -2.10. The Hall–Kier alpha value is -2.25. The predicted octanol–water partition coefficient (Wildman–Crippen LogP) is 3.34. The first-order valence-electron chi connectivity index (χ1n) is 6.03. The van der Waals surface area contributed by atoms with E-state index in [1.165, 1.54) is 17.8 Å². The molecule has 0 saturated carbocycles. The molecular formula is C14H10F2N4S. The normalized spacial score (nSPS) is 10.8. The van der Waals surface area contributed by atoms with E-state index in [2.05, 4.69) is 15.4 Å². The molecule has 3 N–H and O–H groups in total. The number of hydrazine groups is 1. The Morgan fingerprint density at radius 3 is 2.57 bits per heavy atom. The maximum atomic E-state index is 13.3. The van der Waals surface area contributed by atoms with Gasteiger partial charge in [-0.05, 0) is 24.3 Å². The maximum Gasteiger partial charge on any atom is 0.238 e. The molecule has 0 bridgehead atoms. The molecule has 0 aliphatic heterocycles. The number of rotatable bonds is 3. The molecular weight excluding hydrogens is 294 g/mol. The average molecular weight is 304 g/mol. The van der Waals surface area contributed by atoms with Crippen LogP contribution in [-0.2, 0) is 0 Å². The van der Waals surface area contributed by atoms with Crippen molar-refractivity contribution in [1.29, 1.82) is 0 Å². The van der Waals surface area contributed by atoms with E-state index >= 15 is 0 Å². The summed E-state index contributed by atoms with van der Waals surface area (Å²) in [5.41, 5.74) is 3.11. The predicted molar refractivity (Wildman–Crippen MR) is 77.8 cm³/mol. The molecule has 1 aromatic heterocycles. The maximum absolute atomic E-state index is 13.3. The quantitative estimate of drug-likeness (QED) is 0.441. The van der Waals surface area contributed by atoms with Gasteiger partial charge in [-0.1, -0.05) is 30.0 Å². The van der Waals surface area contributed by atoms with Gasteiger partial charge in [-0.2, -0.15) is 0 Å². The van der Waals surface area contributed by atoms with Gasteiger partial charge < -0.3 is 0 Å². The summed E-state index contributed by atoms with van der Waals surface area (Å²) < 4.78 is 26.3. The van der Waals surface area contributed by atoms with Crippen molar-refractivity contribution in [2.24, 2.45) is 5.84 Å². The van der Waals surface area contributed by atoms with E-state index in [1.807, 2.05) is 24.3 Å². The molecule has 2 aromatic carbocycles. The molecule has 4 nitrogen and oxygen atoms in total. The van der Waals surface area contributed by atoms with Crippen molar-refractivity contribution in [2.45, 2.75) is 9.92 Å². The number of fused-ring (bicyclic) bond motifs is 1. The number of aromatic nitrogens is 2. The zero-order chi connectivity index (χ0) is 14.8. The van der Waals surface area contributed by atoms with Gasteiger partial charge in [0.1, 0.15) is 5.03 Å². The lowest BCUT2D eigenvalue weighted by Gasteiger charge is -2.08. The van der Waals surface area contributed by atoms with Crippen LogP contribution in [-0.4, -0.2) is 9.97 Å². The lowest BCUT2D eigenvalue weighted by molar-refractivity contribution is 0.506. The minimum absolute atomic E-state index is 0.263. The van der Waals surface area contributed by atoms with Crippen LogP contribution in [0.25, 0.3) is 10.9 Å². The van der Waals surface area contributed by atoms with Crippen molar-refractivity contribution in [3.63, 3.8) is 0 Å². The molecule has 7 heteroatoms. The highest BCUT2D eigenvalue weighted by Crippen LogP contribution is 2.32. The number of hydrogen-bond acceptors (Lipinski definition) is 5. The van der Waals surface area contributed by atoms with Gasteiger partial charge in [0.25, 0.3) is 0 Å². The third-order valence-electron chi connectivity index (χ3n) is 2.80. The summed E-state index contributed by atoms with van der Waals surface area (Å²) in [7, 11) is 0. The standard InChI is InChI=1S/C14H10F2N4S/c15-10-6-5-8(7-11(10)16)21-13-9-3-1-2-4-12(9)18-14(19-13)20-17/h1-7H,17H2,(H,18,19,20). The molecule has 1 heterocycles. The first-order chi connectivity index (χ1) is 10.2. The fraction of sp³-hybridized carbons (Fsp3) is 0. The topological polar surface area (TPSA) is 63.8 Å². The number of nitrogens with two attached hydrogens (primary N) is 1. The molecule has 106 valence electrons. The van der Waals surface area contributed by atoms with Crippen LogP contribution in [0.4, 0.5) is 14.7 Å². The molecule has 3 rings (SSSR count). The summed E-state index contributed by atoms with van der Waals surface area (Å²) in [6.45, 7) is 0. The summed E-state index contributed by atoms with van der Waals surface area (Å²) in [5, 5.41) is 1.42. The number of halogens is 2. The highest BCUT2D eigenvalue weighted by Gasteiger charge is 2.10. The molecule has 21 heavy (non-hydrogen) atoms. The van der Waals surface area contributed by atoms with Crippen LogP contribution >= 0.6 is 11.8 Å². The van der Waals surface area contributed by atoms with Gasteiger partial charge in [-0.25, -0.2) is 24.6 Å². The average Bonchev–Trinajstić information content (AvgIpc) is 2.51. The van der Waals surface area contributed by atoms with E-state index in [0.29, 0.717) is 15.4 Å². The summed E-state index contributed by atoms with van der Waals surface area (Å²) in [6, 6.07) is 11.1. The summed E-state index contributed by atoms with van der Waals surface area (Å²) >= 11 is 1.22. The zero-order valence-electron chi connectivity index (χ0n) is 10.7. The van der Waals surface area contributed by atoms with Gasteiger partial charge in [0, 0.05) is 10.3 Å². The monoisotopic (exact) mass is 304 g/mol. The van der Waals surface area contributed by atoms with E-state index in [9.17, 15) is 8.78 Å². The van der Waals surface area contributed by atoms with Crippen molar-refractivity contribution in [3.8, 4) is 0 Å². The zero-order valence-corrected chi connectivity index (χ0v) is 11.5. The highest BCUT2D eigenvalue weighted by molar-refractivity contribution is 7.99. The Bertz CT molecular complexity index is 810. The van der Waals surface area contributed by atoms with Crippen LogP contribution in [0.2, 0.25) is 0 Å². The van der Waals surface area contributed by atoms with Crippen LogP contribution < -0.4 is 11.3 Å². The van der Waals surface area contributed by atoms with Gasteiger partial charge in [-0.15, -0.1) is 0 Å². The molecule has 0 spiro atoms. The van der Waals surface area contributed by atoms with Gasteiger partial charge in [0.2, 0.25) is 5.95 Å². The Kier molecular flexibility index (Phi) is 3.68. The second-order valence-electron chi connectivity index (χ2n) is 4.19. The Labute approximate surface area is 123 Å². The molecule has 0 aliphatic carbocycles. The molecule has 0 atom stereocenters. The second-order valence-corrected chi connectivity index (χ2v) is 5.25. The fourth-order valence-electron chi connectivity index (χ4n) is 1.84. The third-order valence-corrected chi connectivity index (χ3v) is 3.80. The molecule has 0 aliphatic rings. The Balaban J connectivity index is 2.08. The number of hydrogen-bond donors (Lipinski definition) is 2. The number of anilines is 1. The molecule has 0 unspecified atom stereocenters. The highest BCUT2D eigenvalue weighted by atomic mass is 32.2. The van der Waals surface area contributed by atoms with Gasteiger partial charge in [0.05, 0.1) is 5.52 Å². The smallest absolute Gasteiger partial charge is 0.238 e. The van der Waals surface area contributed by atoms with E-state index in [1.54, 1.807) is 0 Å². The van der Waals surface area contributed by atoms with Crippen molar-refractivity contribution >= 4 is 28.6 Å². The van der Waals surface area contributed by atoms with E-state index in [0.717, 1.165) is 17.5 Å². The molecule has 0 fully saturated rings. The number of nitrogens with zero attached hydrogens (tertiary/aromatic N) is 2. The Morgan fingerprint density at radius 2 is 1.81 bits per heavy atom. The van der Waals surface area contributed by atoms with Gasteiger partial charge in [0.15, 0.2) is 11.6 Å². The van der Waals surface area contributed by atoms with Crippen LogP contribution in [0.15, 0.2) is 52.4 Å². The molecule has 0 amide bonds. The lowest BCUT2D eigenvalue weighted by atomic mass is 10.2. The largest absolute Gasteiger partial charge is 0.292 e. The molecule has 0 radical (unpaired) electrons. The summed E-state index contributed by atoms with van der Waals surface area (Å²) in [6.07, 6.45) is 0. The first kappa shape index (κ1) is 13.7. The summed E-state index contributed by atoms with van der Waals surface area (Å²) in [4.78, 5) is 9.04. The molecule has 3 aromatic rings. The van der Waals surface area contributed by atoms with E-state index in [4.69, 9.17) is 5.84 Å². The number of para-hydroxylation sites is 1. The van der Waals surface area contributed by atoms with Gasteiger partial charge >= 0.3 is 0 Å². The van der Waals surface area contributed by atoms with Crippen LogP contribution in [0.1, 0.15) is 0 Å². The minimum atomic E-state index is -0.893. The van der Waals surface area contributed by atoms with Crippen molar-refractivity contribution < 1.29 is 8.78 Å². The van der Waals surface area contributed by atoms with E-state index < -0.39 is 11.6 Å². The fourth-order valence-corrected chi connectivity index (χ4v) is 2.78. The van der Waals surface area contributed by atoms with Crippen molar-refractivity contribution in [1.82, 2.24) is 9.97 Å². The van der Waals surface area contributed by atoms with Crippen LogP contribution in [0.5, 0.6) is 0 Å². The Morgan fingerprint density at radius 1 is 1.00 bits per heavy atom. The van der Waals surface area contributed by atoms with Crippen molar-refractivity contribution in [3.05, 3.63) is 54.1 Å². The van der Waals surface area contributed by atoms with Crippen LogP contribution in [0.3, 0.4) is 0 Å². The SMILES string of the molecule is NNc1nc(Sc2ccc(F)c(F)c2)c2ccccc2n1. The summed E-state index contributed by atoms with van der Waals surface area (Å²) in [5.74, 6) is 3.84. The second kappa shape index (κ2) is 5.63. The molecule has 0 saturated heterocycles. The van der Waals surface area contributed by atoms with Crippen LogP contribution in [0, 0.1) is 11.6 Å². The van der Waals surface area contributed by atoms with Gasteiger partial charge in [-0.3, -0.25) is 5.43 Å². The minimum Gasteiger partial charge on any atom is -0.292 e. The number of nitrogens with one attached hydrogen (secondary N) is 1. The van der Waals surface area contributed by atoms with E-state index in [-0.39, 0.29) is 5.95 Å². The third kappa shape index (κ3) is 2.79. The first-order valence-corrected chi connectivity index (χ1v) is 6.85. The number of nitrogen functional groups attached to an aromatic ring is 1.